The van der Waals surface area contributed by atoms with E-state index in [9.17, 15) is 0 Å². The number of aromatic nitrogens is 2. The molecule has 0 amide bonds. The van der Waals surface area contributed by atoms with Gasteiger partial charge in [-0.3, -0.25) is 4.90 Å². The normalized spacial score (nSPS) is 24.9. The molecular formula is C14H22N4S. The Morgan fingerprint density at radius 1 is 1.26 bits per heavy atom. The molecule has 1 unspecified atom stereocenters. The highest BCUT2D eigenvalue weighted by atomic mass is 32.2. The third-order valence-electron chi connectivity index (χ3n) is 4.13. The molecule has 2 aliphatic rings. The Morgan fingerprint density at radius 2 is 2.11 bits per heavy atom. The fraction of sp³-hybridized carbons (Fsp3) is 0.714. The van der Waals surface area contributed by atoms with Gasteiger partial charge in [0.05, 0.1) is 0 Å². The van der Waals surface area contributed by atoms with Crippen LogP contribution in [0.5, 0.6) is 0 Å². The second kappa shape index (κ2) is 6.09. The van der Waals surface area contributed by atoms with Crippen LogP contribution in [-0.4, -0.2) is 58.6 Å². The Bertz CT molecular complexity index is 412. The van der Waals surface area contributed by atoms with Crippen molar-refractivity contribution in [2.75, 3.05) is 42.6 Å². The van der Waals surface area contributed by atoms with Crippen LogP contribution >= 0.6 is 11.8 Å². The van der Waals surface area contributed by atoms with E-state index in [1.807, 2.05) is 0 Å². The highest BCUT2D eigenvalue weighted by molar-refractivity contribution is 7.99. The largest absolute Gasteiger partial charge is 0.354 e. The van der Waals surface area contributed by atoms with Crippen molar-refractivity contribution in [1.82, 2.24) is 14.9 Å². The van der Waals surface area contributed by atoms with Crippen LogP contribution in [0.1, 0.15) is 19.0 Å². The van der Waals surface area contributed by atoms with Gasteiger partial charge in [-0.2, -0.15) is 11.8 Å². The maximum Gasteiger partial charge on any atom is 0.132 e. The molecule has 0 N–H and O–H groups in total. The summed E-state index contributed by atoms with van der Waals surface area (Å²) in [5.41, 5.74) is 1.14. The Balaban J connectivity index is 1.59. The maximum atomic E-state index is 4.43. The molecule has 2 aliphatic heterocycles. The van der Waals surface area contributed by atoms with E-state index in [4.69, 9.17) is 0 Å². The van der Waals surface area contributed by atoms with Crippen LogP contribution < -0.4 is 4.90 Å². The fourth-order valence-electron chi connectivity index (χ4n) is 2.88. The zero-order chi connectivity index (χ0) is 13.1. The number of thioether (sulfide) groups is 1. The molecule has 0 aromatic carbocycles. The van der Waals surface area contributed by atoms with Gasteiger partial charge in [0.15, 0.2) is 0 Å². The number of hydrogen-bond donors (Lipinski definition) is 0. The van der Waals surface area contributed by atoms with Gasteiger partial charge in [-0.25, -0.2) is 9.97 Å². The van der Waals surface area contributed by atoms with Gasteiger partial charge in [0.25, 0.3) is 0 Å². The predicted octanol–water partition coefficient (Wildman–Crippen LogP) is 1.67. The molecule has 2 saturated heterocycles. The van der Waals surface area contributed by atoms with Crippen LogP contribution in [0.25, 0.3) is 0 Å². The van der Waals surface area contributed by atoms with Crippen molar-refractivity contribution in [2.45, 2.75) is 25.8 Å². The summed E-state index contributed by atoms with van der Waals surface area (Å²) in [4.78, 5) is 13.8. The van der Waals surface area contributed by atoms with Crippen molar-refractivity contribution < 1.29 is 0 Å². The first-order valence-corrected chi connectivity index (χ1v) is 8.40. The summed E-state index contributed by atoms with van der Waals surface area (Å²) in [5.74, 6) is 3.77. The summed E-state index contributed by atoms with van der Waals surface area (Å²) >= 11 is 2.10. The number of piperazine rings is 1. The molecule has 5 heteroatoms. The smallest absolute Gasteiger partial charge is 0.132 e. The van der Waals surface area contributed by atoms with Crippen molar-refractivity contribution in [3.63, 3.8) is 0 Å². The Kier molecular flexibility index (Phi) is 4.23. The van der Waals surface area contributed by atoms with Gasteiger partial charge in [0.2, 0.25) is 0 Å². The molecule has 4 nitrogen and oxygen atoms in total. The molecule has 0 saturated carbocycles. The van der Waals surface area contributed by atoms with Crippen molar-refractivity contribution in [3.05, 3.63) is 18.1 Å². The van der Waals surface area contributed by atoms with E-state index in [1.165, 1.54) is 31.0 Å². The molecule has 3 heterocycles. The molecule has 1 aromatic rings. The Morgan fingerprint density at radius 3 is 2.79 bits per heavy atom. The van der Waals surface area contributed by atoms with Crippen LogP contribution in [0.15, 0.2) is 12.4 Å². The van der Waals surface area contributed by atoms with Crippen LogP contribution in [0.4, 0.5) is 5.82 Å². The second-order valence-corrected chi connectivity index (χ2v) is 6.41. The van der Waals surface area contributed by atoms with E-state index in [2.05, 4.69) is 44.5 Å². The molecule has 0 bridgehead atoms. The topological polar surface area (TPSA) is 32.3 Å². The van der Waals surface area contributed by atoms with E-state index >= 15 is 0 Å². The molecule has 0 aliphatic carbocycles. The zero-order valence-electron chi connectivity index (χ0n) is 11.6. The highest BCUT2D eigenvalue weighted by Gasteiger charge is 2.26. The van der Waals surface area contributed by atoms with Crippen molar-refractivity contribution in [2.24, 2.45) is 0 Å². The van der Waals surface area contributed by atoms with Gasteiger partial charge in [-0.15, -0.1) is 0 Å². The maximum absolute atomic E-state index is 4.43. The van der Waals surface area contributed by atoms with Gasteiger partial charge < -0.3 is 4.90 Å². The minimum Gasteiger partial charge on any atom is -0.354 e. The number of hydrogen-bond acceptors (Lipinski definition) is 5. The molecule has 1 atom stereocenters. The summed E-state index contributed by atoms with van der Waals surface area (Å²) in [6, 6.07) is 2.96. The van der Waals surface area contributed by atoms with Crippen LogP contribution in [0.2, 0.25) is 0 Å². The van der Waals surface area contributed by atoms with Crippen LogP contribution in [0.3, 0.4) is 0 Å². The van der Waals surface area contributed by atoms with Crippen molar-refractivity contribution in [3.8, 4) is 0 Å². The van der Waals surface area contributed by atoms with Gasteiger partial charge >= 0.3 is 0 Å². The minimum atomic E-state index is 0.823. The third-order valence-corrected chi connectivity index (χ3v) is 5.28. The zero-order valence-corrected chi connectivity index (χ0v) is 12.4. The van der Waals surface area contributed by atoms with E-state index in [0.717, 1.165) is 37.1 Å². The summed E-state index contributed by atoms with van der Waals surface area (Å²) in [6.07, 6.45) is 4.06. The highest BCUT2D eigenvalue weighted by Crippen LogP contribution is 2.24. The minimum absolute atomic E-state index is 0.823. The Hall–Kier alpha value is -0.810. The average Bonchev–Trinajstić information content (AvgIpc) is 3.02. The summed E-state index contributed by atoms with van der Waals surface area (Å²) < 4.78 is 0. The number of aryl methyl sites for hydroxylation is 1. The summed E-state index contributed by atoms with van der Waals surface area (Å²) in [5, 5.41) is 0. The number of nitrogens with zero attached hydrogens (tertiary/aromatic N) is 4. The first kappa shape index (κ1) is 13.2. The Labute approximate surface area is 119 Å². The molecule has 0 spiro atoms. The molecule has 2 fully saturated rings. The van der Waals surface area contributed by atoms with Gasteiger partial charge in [0, 0.05) is 49.7 Å². The van der Waals surface area contributed by atoms with Gasteiger partial charge in [0.1, 0.15) is 12.1 Å². The number of anilines is 1. The summed E-state index contributed by atoms with van der Waals surface area (Å²) in [7, 11) is 0. The first-order chi connectivity index (χ1) is 9.36. The first-order valence-electron chi connectivity index (χ1n) is 7.24. The quantitative estimate of drug-likeness (QED) is 0.840. The third kappa shape index (κ3) is 3.03. The van der Waals surface area contributed by atoms with E-state index in [1.54, 1.807) is 6.33 Å². The van der Waals surface area contributed by atoms with E-state index in [0.29, 0.717) is 0 Å². The molecule has 1 aromatic heterocycles. The van der Waals surface area contributed by atoms with Crippen LogP contribution in [-0.2, 0) is 6.42 Å². The SMILES string of the molecule is CCc1cc(N2CCN(C3CCSC3)CC2)ncn1. The van der Waals surface area contributed by atoms with Crippen molar-refractivity contribution in [1.29, 1.82) is 0 Å². The second-order valence-electron chi connectivity index (χ2n) is 5.26. The molecule has 0 radical (unpaired) electrons. The van der Waals surface area contributed by atoms with Crippen LogP contribution in [0, 0.1) is 0 Å². The molecular weight excluding hydrogens is 256 g/mol. The lowest BCUT2D eigenvalue weighted by molar-refractivity contribution is 0.200. The lowest BCUT2D eigenvalue weighted by atomic mass is 10.2. The number of rotatable bonds is 3. The predicted molar refractivity (Wildman–Crippen MR) is 80.9 cm³/mol. The molecule has 19 heavy (non-hydrogen) atoms. The lowest BCUT2D eigenvalue weighted by Gasteiger charge is -2.38. The van der Waals surface area contributed by atoms with Crippen molar-refractivity contribution >= 4 is 17.6 Å². The average molecular weight is 278 g/mol. The fourth-order valence-corrected chi connectivity index (χ4v) is 4.13. The monoisotopic (exact) mass is 278 g/mol. The molecule has 104 valence electrons. The van der Waals surface area contributed by atoms with E-state index in [-0.39, 0.29) is 0 Å². The standard InChI is InChI=1S/C14H22N4S/c1-2-12-9-14(16-11-15-12)18-6-4-17(5-7-18)13-3-8-19-10-13/h9,11,13H,2-8,10H2,1H3. The van der Waals surface area contributed by atoms with Gasteiger partial charge in [-0.05, 0) is 18.6 Å². The van der Waals surface area contributed by atoms with E-state index < -0.39 is 0 Å². The van der Waals surface area contributed by atoms with Gasteiger partial charge in [-0.1, -0.05) is 6.92 Å². The molecule has 3 rings (SSSR count). The lowest BCUT2D eigenvalue weighted by Crippen LogP contribution is -2.50. The summed E-state index contributed by atoms with van der Waals surface area (Å²) in [6.45, 7) is 6.69.